The number of hydrogen-bond acceptors (Lipinski definition) is 2. The van der Waals surface area contributed by atoms with Gasteiger partial charge in [0.15, 0.2) is 0 Å². The summed E-state index contributed by atoms with van der Waals surface area (Å²) < 4.78 is 13.5. The average molecular weight is 228 g/mol. The molecule has 2 nitrogen and oxygen atoms in total. The van der Waals surface area contributed by atoms with Crippen LogP contribution in [-0.4, -0.2) is 0 Å². The minimum atomic E-state index is -0.158. The minimum absolute atomic E-state index is 0.0468. The van der Waals surface area contributed by atoms with Crippen LogP contribution in [0.3, 0.4) is 0 Å². The van der Waals surface area contributed by atoms with Gasteiger partial charge in [0, 0.05) is 17.8 Å². The van der Waals surface area contributed by atoms with E-state index < -0.39 is 0 Å². The SMILES string of the molecule is Fc1cccc2c1CNC(c1ccccc1)N2. The predicted molar refractivity (Wildman–Crippen MR) is 66.0 cm³/mol. The number of benzene rings is 2. The average Bonchev–Trinajstić information content (AvgIpc) is 2.40. The first-order chi connectivity index (χ1) is 8.34. The molecule has 86 valence electrons. The summed E-state index contributed by atoms with van der Waals surface area (Å²) in [5.74, 6) is -0.158. The van der Waals surface area contributed by atoms with Crippen molar-refractivity contribution in [2.24, 2.45) is 0 Å². The van der Waals surface area contributed by atoms with E-state index in [9.17, 15) is 4.39 Å². The Morgan fingerprint density at radius 1 is 1.00 bits per heavy atom. The first kappa shape index (κ1) is 10.3. The lowest BCUT2D eigenvalue weighted by molar-refractivity contribution is 0.531. The summed E-state index contributed by atoms with van der Waals surface area (Å²) in [5.41, 5.74) is 2.74. The van der Waals surface area contributed by atoms with Crippen LogP contribution >= 0.6 is 0 Å². The fourth-order valence-electron chi connectivity index (χ4n) is 2.13. The van der Waals surface area contributed by atoms with Crippen molar-refractivity contribution in [2.75, 3.05) is 5.32 Å². The second-order valence-electron chi connectivity index (χ2n) is 4.13. The van der Waals surface area contributed by atoms with Gasteiger partial charge in [-0.2, -0.15) is 0 Å². The van der Waals surface area contributed by atoms with Gasteiger partial charge in [0.1, 0.15) is 12.0 Å². The molecule has 0 bridgehead atoms. The number of fused-ring (bicyclic) bond motifs is 1. The van der Waals surface area contributed by atoms with Gasteiger partial charge in [0.2, 0.25) is 0 Å². The van der Waals surface area contributed by atoms with Crippen LogP contribution in [0.25, 0.3) is 0 Å². The molecule has 0 fully saturated rings. The Balaban J connectivity index is 1.91. The quantitative estimate of drug-likeness (QED) is 0.784. The highest BCUT2D eigenvalue weighted by molar-refractivity contribution is 5.55. The van der Waals surface area contributed by atoms with Gasteiger partial charge >= 0.3 is 0 Å². The van der Waals surface area contributed by atoms with Crippen LogP contribution in [0, 0.1) is 5.82 Å². The van der Waals surface area contributed by atoms with E-state index in [1.807, 2.05) is 24.3 Å². The van der Waals surface area contributed by atoms with Crippen LogP contribution in [-0.2, 0) is 6.54 Å². The second-order valence-corrected chi connectivity index (χ2v) is 4.13. The molecule has 2 aromatic carbocycles. The molecular weight excluding hydrogens is 215 g/mol. The smallest absolute Gasteiger partial charge is 0.129 e. The standard InChI is InChI=1S/C14H13FN2/c15-12-7-4-8-13-11(12)9-16-14(17-13)10-5-2-1-3-6-10/h1-8,14,16-17H,9H2. The number of rotatable bonds is 1. The van der Waals surface area contributed by atoms with Gasteiger partial charge in [0.05, 0.1) is 0 Å². The molecule has 0 saturated carbocycles. The molecule has 1 unspecified atom stereocenters. The second kappa shape index (κ2) is 4.18. The predicted octanol–water partition coefficient (Wildman–Crippen LogP) is 3.04. The van der Waals surface area contributed by atoms with Crippen LogP contribution in [0.4, 0.5) is 10.1 Å². The van der Waals surface area contributed by atoms with Crippen LogP contribution < -0.4 is 10.6 Å². The zero-order chi connectivity index (χ0) is 11.7. The molecule has 3 rings (SSSR count). The van der Waals surface area contributed by atoms with E-state index in [1.165, 1.54) is 6.07 Å². The van der Waals surface area contributed by atoms with Crippen molar-refractivity contribution in [1.29, 1.82) is 0 Å². The van der Waals surface area contributed by atoms with E-state index in [1.54, 1.807) is 6.07 Å². The molecule has 1 heterocycles. The lowest BCUT2D eigenvalue weighted by Gasteiger charge is -2.28. The highest BCUT2D eigenvalue weighted by atomic mass is 19.1. The van der Waals surface area contributed by atoms with Gasteiger partial charge < -0.3 is 5.32 Å². The Kier molecular flexibility index (Phi) is 2.53. The Morgan fingerprint density at radius 2 is 1.82 bits per heavy atom. The van der Waals surface area contributed by atoms with E-state index in [-0.39, 0.29) is 12.0 Å². The van der Waals surface area contributed by atoms with E-state index in [4.69, 9.17) is 0 Å². The van der Waals surface area contributed by atoms with Gasteiger partial charge in [-0.15, -0.1) is 0 Å². The van der Waals surface area contributed by atoms with Crippen LogP contribution in [0.1, 0.15) is 17.3 Å². The van der Waals surface area contributed by atoms with E-state index in [0.29, 0.717) is 12.1 Å². The normalized spacial score (nSPS) is 18.3. The molecule has 0 saturated heterocycles. The summed E-state index contributed by atoms with van der Waals surface area (Å²) in [6, 6.07) is 15.2. The number of halogens is 1. The molecule has 0 radical (unpaired) electrons. The molecule has 1 aliphatic rings. The third-order valence-electron chi connectivity index (χ3n) is 3.03. The molecule has 0 aromatic heterocycles. The van der Waals surface area contributed by atoms with Gasteiger partial charge in [-0.3, -0.25) is 5.32 Å². The van der Waals surface area contributed by atoms with E-state index >= 15 is 0 Å². The maximum Gasteiger partial charge on any atom is 0.129 e. The molecular formula is C14H13FN2. The highest BCUT2D eigenvalue weighted by Gasteiger charge is 2.19. The monoisotopic (exact) mass is 228 g/mol. The van der Waals surface area contributed by atoms with Crippen molar-refractivity contribution in [3.05, 3.63) is 65.5 Å². The maximum absolute atomic E-state index is 13.5. The van der Waals surface area contributed by atoms with Crippen LogP contribution in [0.5, 0.6) is 0 Å². The third kappa shape index (κ3) is 1.89. The Morgan fingerprint density at radius 3 is 2.65 bits per heavy atom. The molecule has 0 spiro atoms. The summed E-state index contributed by atoms with van der Waals surface area (Å²) in [4.78, 5) is 0. The van der Waals surface area contributed by atoms with Gasteiger partial charge in [-0.25, -0.2) is 4.39 Å². The van der Waals surface area contributed by atoms with Crippen molar-refractivity contribution in [3.63, 3.8) is 0 Å². The van der Waals surface area contributed by atoms with E-state index in [0.717, 1.165) is 11.3 Å². The van der Waals surface area contributed by atoms with Crippen molar-refractivity contribution in [3.8, 4) is 0 Å². The van der Waals surface area contributed by atoms with Gasteiger partial charge in [-0.1, -0.05) is 36.4 Å². The Bertz CT molecular complexity index is 525. The topological polar surface area (TPSA) is 24.1 Å². The molecule has 17 heavy (non-hydrogen) atoms. The van der Waals surface area contributed by atoms with Crippen molar-refractivity contribution >= 4 is 5.69 Å². The summed E-state index contributed by atoms with van der Waals surface area (Å²) in [6.45, 7) is 0.550. The van der Waals surface area contributed by atoms with Gasteiger partial charge in [0.25, 0.3) is 0 Å². The molecule has 1 aliphatic heterocycles. The Labute approximate surface area is 99.5 Å². The Hall–Kier alpha value is -1.87. The number of anilines is 1. The summed E-state index contributed by atoms with van der Waals surface area (Å²) in [5, 5.41) is 6.58. The lowest BCUT2D eigenvalue weighted by atomic mass is 10.1. The molecule has 1 atom stereocenters. The highest BCUT2D eigenvalue weighted by Crippen LogP contribution is 2.27. The zero-order valence-electron chi connectivity index (χ0n) is 9.28. The lowest BCUT2D eigenvalue weighted by Crippen LogP contribution is -2.33. The fourth-order valence-corrected chi connectivity index (χ4v) is 2.13. The van der Waals surface area contributed by atoms with Crippen molar-refractivity contribution in [1.82, 2.24) is 5.32 Å². The van der Waals surface area contributed by atoms with E-state index in [2.05, 4.69) is 22.8 Å². The molecule has 2 aromatic rings. The largest absolute Gasteiger partial charge is 0.366 e. The molecule has 0 amide bonds. The minimum Gasteiger partial charge on any atom is -0.366 e. The third-order valence-corrected chi connectivity index (χ3v) is 3.03. The van der Waals surface area contributed by atoms with Gasteiger partial charge in [-0.05, 0) is 17.7 Å². The maximum atomic E-state index is 13.5. The number of hydrogen-bond donors (Lipinski definition) is 2. The summed E-state index contributed by atoms with van der Waals surface area (Å²) >= 11 is 0. The number of nitrogens with one attached hydrogen (secondary N) is 2. The molecule has 2 N–H and O–H groups in total. The molecule has 0 aliphatic carbocycles. The summed E-state index contributed by atoms with van der Waals surface area (Å²) in [7, 11) is 0. The zero-order valence-corrected chi connectivity index (χ0v) is 9.28. The fraction of sp³-hybridized carbons (Fsp3) is 0.143. The van der Waals surface area contributed by atoms with Crippen LogP contribution in [0.15, 0.2) is 48.5 Å². The van der Waals surface area contributed by atoms with Crippen LogP contribution in [0.2, 0.25) is 0 Å². The molecule has 3 heteroatoms. The first-order valence-electron chi connectivity index (χ1n) is 5.67. The first-order valence-corrected chi connectivity index (χ1v) is 5.67. The van der Waals surface area contributed by atoms with Crippen molar-refractivity contribution < 1.29 is 4.39 Å². The van der Waals surface area contributed by atoms with Crippen molar-refractivity contribution in [2.45, 2.75) is 12.7 Å². The summed E-state index contributed by atoms with van der Waals surface area (Å²) in [6.07, 6.45) is 0.0468.